The Bertz CT molecular complexity index is 1710. The lowest BCUT2D eigenvalue weighted by Gasteiger charge is -2.25. The summed E-state index contributed by atoms with van der Waals surface area (Å²) in [4.78, 5) is 36.1. The number of hydrogen-bond donors (Lipinski definition) is 0. The van der Waals surface area contributed by atoms with E-state index < -0.39 is 29.6 Å². The molecule has 0 radical (unpaired) electrons. The second-order valence-electron chi connectivity index (χ2n) is 8.89. The van der Waals surface area contributed by atoms with Gasteiger partial charge in [-0.1, -0.05) is 19.8 Å². The van der Waals surface area contributed by atoms with Crippen molar-refractivity contribution in [2.24, 2.45) is 10.9 Å². The summed E-state index contributed by atoms with van der Waals surface area (Å²) < 4.78 is 44.4. The Balaban J connectivity index is 1.66. The molecule has 4 aromatic heterocycles. The third-order valence-electron chi connectivity index (χ3n) is 6.78. The molecule has 5 rings (SSSR count). The normalized spacial score (nSPS) is 22.2. The molecule has 1 aliphatic rings. The van der Waals surface area contributed by atoms with Gasteiger partial charge in [-0.3, -0.25) is 14.1 Å². The summed E-state index contributed by atoms with van der Waals surface area (Å²) in [5.41, 5.74) is -0.254. The van der Waals surface area contributed by atoms with Crippen molar-refractivity contribution in [2.45, 2.75) is 65.5 Å². The Kier molecular flexibility index (Phi) is 5.99. The van der Waals surface area contributed by atoms with Gasteiger partial charge in [0.05, 0.1) is 12.9 Å². The van der Waals surface area contributed by atoms with E-state index >= 15 is 4.39 Å². The van der Waals surface area contributed by atoms with E-state index in [1.165, 1.54) is 13.3 Å². The molecule has 3 atom stereocenters. The number of aromatic nitrogens is 4. The van der Waals surface area contributed by atoms with Crippen LogP contribution in [0.25, 0.3) is 11.2 Å². The van der Waals surface area contributed by atoms with E-state index in [0.29, 0.717) is 12.8 Å². The fourth-order valence-corrected chi connectivity index (χ4v) is 4.61. The van der Waals surface area contributed by atoms with E-state index in [9.17, 15) is 9.59 Å². The van der Waals surface area contributed by atoms with Crippen molar-refractivity contribution >= 4 is 11.2 Å². The fraction of sp³-hybridized carbons (Fsp3) is 0.458. The van der Waals surface area contributed by atoms with Crippen molar-refractivity contribution in [2.75, 3.05) is 0 Å². The minimum atomic E-state index is -0.925. The second kappa shape index (κ2) is 9.04. The molecule has 0 saturated carbocycles. The lowest BCUT2D eigenvalue weighted by Crippen LogP contribution is -2.31. The Hall–Kier alpha value is -4.18. The Labute approximate surface area is 208 Å². The quantitative estimate of drug-likeness (QED) is 0.281. The monoisotopic (exact) mass is 513 g/mol. The first-order valence-corrected chi connectivity index (χ1v) is 11.6. The zero-order valence-corrected chi connectivity index (χ0v) is 20.6. The van der Waals surface area contributed by atoms with Gasteiger partial charge >= 0.3 is 11.6 Å². The van der Waals surface area contributed by atoms with Gasteiger partial charge in [0.1, 0.15) is 29.9 Å². The average Bonchev–Trinajstić information content (AvgIpc) is 3.59. The highest BCUT2D eigenvalue weighted by atomic mass is 19.1. The van der Waals surface area contributed by atoms with Crippen molar-refractivity contribution in [1.29, 1.82) is 0 Å². The van der Waals surface area contributed by atoms with Crippen LogP contribution in [0.5, 0.6) is 0 Å². The first-order chi connectivity index (χ1) is 17.7. The van der Waals surface area contributed by atoms with E-state index in [4.69, 9.17) is 28.8 Å². The molecule has 1 aliphatic heterocycles. The van der Waals surface area contributed by atoms with E-state index in [-0.39, 0.29) is 58.7 Å². The maximum Gasteiger partial charge on any atom is 0.519 e. The van der Waals surface area contributed by atoms with Crippen LogP contribution in [-0.4, -0.2) is 24.7 Å². The molecule has 12 nitrogen and oxygen atoms in total. The van der Waals surface area contributed by atoms with E-state index in [0.717, 1.165) is 4.57 Å². The smallest absolute Gasteiger partial charge is 0.396 e. The molecule has 5 heterocycles. The molecule has 0 aromatic carbocycles. The van der Waals surface area contributed by atoms with Crippen LogP contribution in [0.4, 0.5) is 4.39 Å². The van der Waals surface area contributed by atoms with Gasteiger partial charge in [-0.05, 0) is 26.7 Å². The zero-order valence-electron chi connectivity index (χ0n) is 20.6. The van der Waals surface area contributed by atoms with E-state index in [2.05, 4.69) is 20.9 Å². The van der Waals surface area contributed by atoms with Gasteiger partial charge in [-0.2, -0.15) is 9.37 Å². The molecule has 4 aromatic rings. The van der Waals surface area contributed by atoms with Crippen LogP contribution in [0.3, 0.4) is 0 Å². The largest absolute Gasteiger partial charge is 0.519 e. The number of nitrogens with zero attached hydrogens (tertiary/aromatic N) is 5. The lowest BCUT2D eigenvalue weighted by molar-refractivity contribution is -0.0465. The van der Waals surface area contributed by atoms with Crippen molar-refractivity contribution in [1.82, 2.24) is 19.1 Å². The maximum absolute atomic E-state index is 15.6. The first kappa shape index (κ1) is 24.5. The molecule has 1 fully saturated rings. The van der Waals surface area contributed by atoms with Crippen molar-refractivity contribution in [3.05, 3.63) is 62.2 Å². The molecular weight excluding hydrogens is 489 g/mol. The third kappa shape index (κ3) is 4.13. The van der Waals surface area contributed by atoms with Gasteiger partial charge in [-0.15, -0.1) is 6.42 Å². The summed E-state index contributed by atoms with van der Waals surface area (Å²) in [6.07, 6.45) is 7.03. The number of fused-ring (bicyclic) bond motifs is 1. The van der Waals surface area contributed by atoms with Crippen LogP contribution in [0.2, 0.25) is 0 Å². The van der Waals surface area contributed by atoms with Crippen LogP contribution in [0, 0.1) is 38.2 Å². The first-order valence-electron chi connectivity index (χ1n) is 11.6. The van der Waals surface area contributed by atoms with Crippen molar-refractivity contribution in [3.8, 4) is 12.3 Å². The maximum atomic E-state index is 15.6. The summed E-state index contributed by atoms with van der Waals surface area (Å²) in [6, 6.07) is 0. The van der Waals surface area contributed by atoms with E-state index in [1.54, 1.807) is 11.5 Å². The van der Waals surface area contributed by atoms with Crippen LogP contribution >= 0.6 is 0 Å². The summed E-state index contributed by atoms with van der Waals surface area (Å²) in [6.45, 7) is 6.63. The lowest BCUT2D eigenvalue weighted by atomic mass is 9.87. The van der Waals surface area contributed by atoms with Crippen LogP contribution in [-0.2, 0) is 17.8 Å². The standard InChI is InChI=1S/C24H24FN5O7/c1-6-24(7-2)12(3)8-17(37-24)30-11-27-18-19(26-9-15-13(4)33-22(31)35-15)29(21(25)28-20(18)30)10-16-14(5)34-23(32)36-16/h1,11-12,17H,7-10H2,2-5H3/t12-,17+,24+/m0/s1. The molecular formula is C24H24FN5O7. The molecule has 13 heteroatoms. The highest BCUT2D eigenvalue weighted by molar-refractivity contribution is 5.69. The number of aryl methyl sites for hydroxylation is 2. The highest BCUT2D eigenvalue weighted by Crippen LogP contribution is 2.43. The summed E-state index contributed by atoms with van der Waals surface area (Å²) in [5.74, 6) is 1.71. The number of halogens is 1. The van der Waals surface area contributed by atoms with Crippen LogP contribution < -0.4 is 17.1 Å². The van der Waals surface area contributed by atoms with Crippen molar-refractivity contribution < 1.29 is 26.8 Å². The predicted octanol–water partition coefficient (Wildman–Crippen LogP) is 2.57. The molecule has 0 N–H and O–H groups in total. The molecule has 0 unspecified atom stereocenters. The number of rotatable bonds is 6. The van der Waals surface area contributed by atoms with Gasteiger partial charge in [0.15, 0.2) is 28.2 Å². The zero-order chi connectivity index (χ0) is 26.5. The Morgan fingerprint density at radius 1 is 1.19 bits per heavy atom. The average molecular weight is 513 g/mol. The molecule has 194 valence electrons. The Morgan fingerprint density at radius 3 is 2.43 bits per heavy atom. The van der Waals surface area contributed by atoms with Gasteiger partial charge in [0.25, 0.3) is 6.08 Å². The Morgan fingerprint density at radius 2 is 1.86 bits per heavy atom. The van der Waals surface area contributed by atoms with Crippen LogP contribution in [0.1, 0.15) is 56.0 Å². The van der Waals surface area contributed by atoms with Crippen molar-refractivity contribution in [3.63, 3.8) is 0 Å². The minimum Gasteiger partial charge on any atom is -0.396 e. The third-order valence-corrected chi connectivity index (χ3v) is 6.78. The highest BCUT2D eigenvalue weighted by Gasteiger charge is 2.45. The molecule has 37 heavy (non-hydrogen) atoms. The number of hydrogen-bond acceptors (Lipinski definition) is 10. The number of ether oxygens (including phenoxy) is 1. The number of terminal acetylenes is 1. The predicted molar refractivity (Wildman–Crippen MR) is 124 cm³/mol. The van der Waals surface area contributed by atoms with Crippen LogP contribution in [0.15, 0.2) is 38.6 Å². The number of imidazole rings is 1. The summed E-state index contributed by atoms with van der Waals surface area (Å²) in [7, 11) is 0. The van der Waals surface area contributed by atoms with E-state index in [1.807, 2.05) is 13.8 Å². The van der Waals surface area contributed by atoms with Gasteiger partial charge in [-0.25, -0.2) is 14.6 Å². The minimum absolute atomic E-state index is 0.0477. The summed E-state index contributed by atoms with van der Waals surface area (Å²) >= 11 is 0. The molecule has 0 spiro atoms. The topological polar surface area (TPSA) is 144 Å². The molecule has 0 aliphatic carbocycles. The van der Waals surface area contributed by atoms with Gasteiger partial charge in [0, 0.05) is 5.92 Å². The summed E-state index contributed by atoms with van der Waals surface area (Å²) in [5, 5.41) is 0. The van der Waals surface area contributed by atoms with Gasteiger partial charge < -0.3 is 22.4 Å². The SMILES string of the molecule is C#C[C@]1(CC)O[C@@H](n2cnc3c(=NCc4oc(=O)oc4C)n(Cc4oc(=O)oc4C)c(F)nc32)C[C@@H]1C. The fourth-order valence-electron chi connectivity index (χ4n) is 4.61. The van der Waals surface area contributed by atoms with Gasteiger partial charge in [0.2, 0.25) is 0 Å². The molecule has 1 saturated heterocycles. The second-order valence-corrected chi connectivity index (χ2v) is 8.89. The molecule has 0 bridgehead atoms. The molecule has 0 amide bonds.